The lowest BCUT2D eigenvalue weighted by molar-refractivity contribution is 0.344. The number of fused-ring (bicyclic) bond motifs is 1. The average molecular weight is 346 g/mol. The van der Waals surface area contributed by atoms with Gasteiger partial charge in [0.1, 0.15) is 5.52 Å². The minimum atomic E-state index is -0.478. The summed E-state index contributed by atoms with van der Waals surface area (Å²) in [6, 6.07) is 3.43. The van der Waals surface area contributed by atoms with Crippen LogP contribution >= 0.6 is 0 Å². The molecule has 3 rings (SSSR count). The Hall–Kier alpha value is -2.44. The number of rotatable bonds is 6. The fraction of sp³-hybridized carbons (Fsp3) is 0.500. The van der Waals surface area contributed by atoms with Crippen molar-refractivity contribution < 1.29 is 13.7 Å². The molecule has 0 atom stereocenters. The Labute approximate surface area is 146 Å². The third kappa shape index (κ3) is 2.88. The van der Waals surface area contributed by atoms with E-state index in [9.17, 15) is 4.39 Å². The number of ether oxygens (including phenoxy) is 1. The first kappa shape index (κ1) is 17.4. The number of hydrogen-bond donors (Lipinski definition) is 0. The first-order chi connectivity index (χ1) is 12.0. The van der Waals surface area contributed by atoms with Crippen LogP contribution in [-0.2, 0) is 0 Å². The largest absolute Gasteiger partial charge is 0.494 e. The van der Waals surface area contributed by atoms with E-state index in [0.29, 0.717) is 11.4 Å². The van der Waals surface area contributed by atoms with Crippen LogP contribution in [0.25, 0.3) is 16.9 Å². The van der Waals surface area contributed by atoms with Gasteiger partial charge in [-0.15, -0.1) is 0 Å². The molecule has 0 aliphatic carbocycles. The highest BCUT2D eigenvalue weighted by Crippen LogP contribution is 2.33. The summed E-state index contributed by atoms with van der Waals surface area (Å²) >= 11 is 0. The molecular weight excluding hydrogens is 323 g/mol. The highest BCUT2D eigenvalue weighted by Gasteiger charge is 2.24. The van der Waals surface area contributed by atoms with E-state index in [4.69, 9.17) is 9.26 Å². The second-order valence-electron chi connectivity index (χ2n) is 6.38. The maximum absolute atomic E-state index is 14.9. The van der Waals surface area contributed by atoms with E-state index in [2.05, 4.69) is 29.1 Å². The van der Waals surface area contributed by atoms with Crippen molar-refractivity contribution in [3.8, 4) is 11.7 Å². The normalized spacial score (nSPS) is 11.8. The predicted molar refractivity (Wildman–Crippen MR) is 92.8 cm³/mol. The summed E-state index contributed by atoms with van der Waals surface area (Å²) in [6.45, 7) is 8.17. The van der Waals surface area contributed by atoms with Crippen molar-refractivity contribution in [3.05, 3.63) is 29.5 Å². The minimum absolute atomic E-state index is 0.127. The molecule has 0 aliphatic rings. The molecule has 0 saturated heterocycles. The summed E-state index contributed by atoms with van der Waals surface area (Å²) in [5.41, 5.74) is 1.09. The third-order valence-corrected chi connectivity index (χ3v) is 4.50. The molecule has 0 radical (unpaired) electrons. The van der Waals surface area contributed by atoms with Crippen LogP contribution in [0.1, 0.15) is 64.0 Å². The molecule has 7 heteroatoms. The fourth-order valence-corrected chi connectivity index (χ4v) is 3.02. The Bertz CT molecular complexity index is 881. The number of halogens is 1. The van der Waals surface area contributed by atoms with Crippen molar-refractivity contribution >= 4 is 10.9 Å². The van der Waals surface area contributed by atoms with E-state index in [1.165, 1.54) is 11.8 Å². The lowest BCUT2D eigenvalue weighted by Crippen LogP contribution is -2.03. The SMILES string of the molecule is CCC(CC)c1nc(-n2nc(C(C)C)c3ccc(OC)c(F)c32)no1. The molecule has 0 fully saturated rings. The zero-order valence-electron chi connectivity index (χ0n) is 15.2. The molecule has 1 aromatic carbocycles. The van der Waals surface area contributed by atoms with Crippen molar-refractivity contribution in [1.29, 1.82) is 0 Å². The van der Waals surface area contributed by atoms with E-state index >= 15 is 0 Å². The Morgan fingerprint density at radius 3 is 2.56 bits per heavy atom. The van der Waals surface area contributed by atoms with E-state index in [1.54, 1.807) is 6.07 Å². The number of methoxy groups -OCH3 is 1. The van der Waals surface area contributed by atoms with Crippen LogP contribution in [0, 0.1) is 5.82 Å². The molecule has 6 nitrogen and oxygen atoms in total. The second kappa shape index (κ2) is 6.82. The first-order valence-corrected chi connectivity index (χ1v) is 8.60. The Morgan fingerprint density at radius 2 is 1.96 bits per heavy atom. The Balaban J connectivity index is 2.22. The van der Waals surface area contributed by atoms with Gasteiger partial charge in [-0.05, 0) is 36.0 Å². The van der Waals surface area contributed by atoms with E-state index in [-0.39, 0.29) is 23.5 Å². The van der Waals surface area contributed by atoms with Gasteiger partial charge >= 0.3 is 0 Å². The molecule has 0 aliphatic heterocycles. The molecule has 0 bridgehead atoms. The molecule has 2 aromatic heterocycles. The fourth-order valence-electron chi connectivity index (χ4n) is 3.02. The topological polar surface area (TPSA) is 66.0 Å². The zero-order valence-corrected chi connectivity index (χ0v) is 15.2. The molecule has 3 aromatic rings. The number of aromatic nitrogens is 4. The van der Waals surface area contributed by atoms with Gasteiger partial charge in [-0.25, -0.2) is 4.39 Å². The average Bonchev–Trinajstić information content (AvgIpc) is 3.21. The molecule has 0 N–H and O–H groups in total. The van der Waals surface area contributed by atoms with Crippen LogP contribution in [-0.4, -0.2) is 27.0 Å². The second-order valence-corrected chi connectivity index (χ2v) is 6.38. The molecule has 25 heavy (non-hydrogen) atoms. The molecule has 134 valence electrons. The van der Waals surface area contributed by atoms with Gasteiger partial charge in [-0.3, -0.25) is 0 Å². The first-order valence-electron chi connectivity index (χ1n) is 8.60. The van der Waals surface area contributed by atoms with Crippen molar-refractivity contribution in [2.45, 2.75) is 52.4 Å². The molecule has 2 heterocycles. The predicted octanol–water partition coefficient (Wildman–Crippen LogP) is 4.58. The lowest BCUT2D eigenvalue weighted by Gasteiger charge is -2.05. The van der Waals surface area contributed by atoms with Gasteiger partial charge in [0, 0.05) is 11.3 Å². The van der Waals surface area contributed by atoms with Crippen LogP contribution in [0.15, 0.2) is 16.7 Å². The monoisotopic (exact) mass is 346 g/mol. The molecule has 0 amide bonds. The summed E-state index contributed by atoms with van der Waals surface area (Å²) in [7, 11) is 1.44. The maximum Gasteiger partial charge on any atom is 0.291 e. The van der Waals surface area contributed by atoms with Crippen LogP contribution < -0.4 is 4.74 Å². The summed E-state index contributed by atoms with van der Waals surface area (Å²) in [4.78, 5) is 4.46. The van der Waals surface area contributed by atoms with Crippen molar-refractivity contribution in [2.24, 2.45) is 0 Å². The van der Waals surface area contributed by atoms with Gasteiger partial charge in [-0.2, -0.15) is 14.8 Å². The molecular formula is C18H23FN4O2. The number of hydrogen-bond acceptors (Lipinski definition) is 5. The molecule has 0 spiro atoms. The quantitative estimate of drug-likeness (QED) is 0.653. The number of benzene rings is 1. The van der Waals surface area contributed by atoms with E-state index in [1.807, 2.05) is 19.9 Å². The Morgan fingerprint density at radius 1 is 1.24 bits per heavy atom. The number of nitrogens with zero attached hydrogens (tertiary/aromatic N) is 4. The third-order valence-electron chi connectivity index (χ3n) is 4.50. The maximum atomic E-state index is 14.9. The standard InChI is InChI=1S/C18H23FN4O2/c1-6-11(7-2)17-20-18(22-25-17)23-16-12(15(21-23)10(3)4)8-9-13(24-5)14(16)19/h8-11H,6-7H2,1-5H3. The minimum Gasteiger partial charge on any atom is -0.494 e. The van der Waals surface area contributed by atoms with Crippen LogP contribution in [0.2, 0.25) is 0 Å². The summed E-state index contributed by atoms with van der Waals surface area (Å²) in [6.07, 6.45) is 1.80. The Kier molecular flexibility index (Phi) is 4.74. The molecule has 0 unspecified atom stereocenters. The van der Waals surface area contributed by atoms with Crippen molar-refractivity contribution in [2.75, 3.05) is 7.11 Å². The van der Waals surface area contributed by atoms with Crippen molar-refractivity contribution in [3.63, 3.8) is 0 Å². The van der Waals surface area contributed by atoms with Gasteiger partial charge in [0.05, 0.1) is 12.8 Å². The van der Waals surface area contributed by atoms with Gasteiger partial charge < -0.3 is 9.26 Å². The van der Waals surface area contributed by atoms with Crippen molar-refractivity contribution in [1.82, 2.24) is 19.9 Å². The van der Waals surface area contributed by atoms with Crippen LogP contribution in [0.4, 0.5) is 4.39 Å². The van der Waals surface area contributed by atoms with Crippen LogP contribution in [0.3, 0.4) is 0 Å². The van der Waals surface area contributed by atoms with E-state index in [0.717, 1.165) is 23.9 Å². The summed E-state index contributed by atoms with van der Waals surface area (Å²) < 4.78 is 26.8. The van der Waals surface area contributed by atoms with Gasteiger partial charge in [0.2, 0.25) is 5.89 Å². The highest BCUT2D eigenvalue weighted by molar-refractivity contribution is 5.85. The lowest BCUT2D eigenvalue weighted by atomic mass is 10.0. The summed E-state index contributed by atoms with van der Waals surface area (Å²) in [5, 5.41) is 9.31. The van der Waals surface area contributed by atoms with E-state index < -0.39 is 5.82 Å². The zero-order chi connectivity index (χ0) is 18.1. The highest BCUT2D eigenvalue weighted by atomic mass is 19.1. The smallest absolute Gasteiger partial charge is 0.291 e. The van der Waals surface area contributed by atoms with Gasteiger partial charge in [0.25, 0.3) is 5.95 Å². The molecule has 0 saturated carbocycles. The van der Waals surface area contributed by atoms with Crippen LogP contribution in [0.5, 0.6) is 5.75 Å². The van der Waals surface area contributed by atoms with Gasteiger partial charge in [0.15, 0.2) is 11.6 Å². The van der Waals surface area contributed by atoms with Gasteiger partial charge in [-0.1, -0.05) is 27.7 Å². The summed E-state index contributed by atoms with van der Waals surface area (Å²) in [5.74, 6) is 0.791.